The van der Waals surface area contributed by atoms with Gasteiger partial charge in [-0.25, -0.2) is 0 Å². The Morgan fingerprint density at radius 2 is 2.05 bits per heavy atom. The van der Waals surface area contributed by atoms with Crippen LogP contribution in [0.4, 0.5) is 0 Å². The fourth-order valence-corrected chi connectivity index (χ4v) is 1.63. The number of nitrogens with one attached hydrogen (secondary N) is 2. The van der Waals surface area contributed by atoms with Crippen molar-refractivity contribution in [1.29, 1.82) is 0 Å². The van der Waals surface area contributed by atoms with Crippen molar-refractivity contribution in [3.63, 3.8) is 0 Å². The second-order valence-electron chi connectivity index (χ2n) is 3.98. The second kappa shape index (κ2) is 7.59. The first-order valence-corrected chi connectivity index (χ1v) is 6.43. The van der Waals surface area contributed by atoms with E-state index in [1.54, 1.807) is 25.1 Å². The standard InChI is InChI=1S/C14H17ClN2O2/c1-3-16-14(19)10(2)17-13(18)9-8-11-6-4-5-7-12(11)15/h4-10H,3H2,1-2H3,(H,16,19)(H,17,18)/b9-8+. The van der Waals surface area contributed by atoms with Gasteiger partial charge in [0.25, 0.3) is 0 Å². The summed E-state index contributed by atoms with van der Waals surface area (Å²) in [4.78, 5) is 23.1. The van der Waals surface area contributed by atoms with Crippen LogP contribution in [0, 0.1) is 0 Å². The first-order valence-electron chi connectivity index (χ1n) is 6.05. The summed E-state index contributed by atoms with van der Waals surface area (Å²) >= 11 is 5.96. The molecule has 1 unspecified atom stereocenters. The minimum absolute atomic E-state index is 0.206. The lowest BCUT2D eigenvalue weighted by Crippen LogP contribution is -2.44. The van der Waals surface area contributed by atoms with Crippen LogP contribution in [-0.2, 0) is 9.59 Å². The molecule has 0 aliphatic heterocycles. The minimum atomic E-state index is -0.566. The molecule has 1 aromatic carbocycles. The number of carbonyl (C=O) groups excluding carboxylic acids is 2. The van der Waals surface area contributed by atoms with Crippen molar-refractivity contribution in [3.05, 3.63) is 40.9 Å². The monoisotopic (exact) mass is 280 g/mol. The first kappa shape index (κ1) is 15.2. The molecule has 0 saturated carbocycles. The largest absolute Gasteiger partial charge is 0.355 e. The molecule has 1 rings (SSSR count). The summed E-state index contributed by atoms with van der Waals surface area (Å²) in [6.45, 7) is 3.99. The third-order valence-corrected chi connectivity index (χ3v) is 2.77. The summed E-state index contributed by atoms with van der Waals surface area (Å²) in [5.41, 5.74) is 0.755. The normalized spacial score (nSPS) is 12.2. The van der Waals surface area contributed by atoms with Gasteiger partial charge in [0.2, 0.25) is 11.8 Å². The van der Waals surface area contributed by atoms with E-state index in [1.165, 1.54) is 6.08 Å². The summed E-state index contributed by atoms with van der Waals surface area (Å²) < 4.78 is 0. The van der Waals surface area contributed by atoms with Gasteiger partial charge in [0.1, 0.15) is 6.04 Å². The Morgan fingerprint density at radius 1 is 1.37 bits per heavy atom. The Kier molecular flexibility index (Phi) is 6.09. The molecule has 0 aliphatic rings. The highest BCUT2D eigenvalue weighted by Crippen LogP contribution is 2.15. The van der Waals surface area contributed by atoms with Gasteiger partial charge in [-0.05, 0) is 31.6 Å². The number of rotatable bonds is 5. The number of hydrogen-bond acceptors (Lipinski definition) is 2. The number of hydrogen-bond donors (Lipinski definition) is 2. The van der Waals surface area contributed by atoms with Gasteiger partial charge >= 0.3 is 0 Å². The molecule has 0 aromatic heterocycles. The molecule has 0 fully saturated rings. The molecule has 5 heteroatoms. The van der Waals surface area contributed by atoms with Crippen LogP contribution in [0.25, 0.3) is 6.08 Å². The van der Waals surface area contributed by atoms with E-state index in [2.05, 4.69) is 10.6 Å². The summed E-state index contributed by atoms with van der Waals surface area (Å²) in [5.74, 6) is -0.541. The highest BCUT2D eigenvalue weighted by Gasteiger charge is 2.12. The molecular formula is C14H17ClN2O2. The van der Waals surface area contributed by atoms with Crippen molar-refractivity contribution < 1.29 is 9.59 Å². The molecule has 0 saturated heterocycles. The summed E-state index contributed by atoms with van der Waals surface area (Å²) in [7, 11) is 0. The molecule has 1 atom stereocenters. The average molecular weight is 281 g/mol. The second-order valence-corrected chi connectivity index (χ2v) is 4.39. The average Bonchev–Trinajstić information content (AvgIpc) is 2.38. The lowest BCUT2D eigenvalue weighted by atomic mass is 10.2. The van der Waals surface area contributed by atoms with E-state index in [4.69, 9.17) is 11.6 Å². The number of halogens is 1. The molecule has 1 aromatic rings. The van der Waals surface area contributed by atoms with Crippen LogP contribution in [0.3, 0.4) is 0 Å². The van der Waals surface area contributed by atoms with Crippen molar-refractivity contribution in [2.24, 2.45) is 0 Å². The summed E-state index contributed by atoms with van der Waals surface area (Å²) in [6.07, 6.45) is 2.97. The number of benzene rings is 1. The molecule has 102 valence electrons. The topological polar surface area (TPSA) is 58.2 Å². The molecule has 0 heterocycles. The molecule has 2 N–H and O–H groups in total. The minimum Gasteiger partial charge on any atom is -0.355 e. The highest BCUT2D eigenvalue weighted by atomic mass is 35.5. The predicted molar refractivity (Wildman–Crippen MR) is 76.8 cm³/mol. The van der Waals surface area contributed by atoms with Gasteiger partial charge in [0.05, 0.1) is 0 Å². The first-order chi connectivity index (χ1) is 9.04. The fraction of sp³-hybridized carbons (Fsp3) is 0.286. The molecule has 2 amide bonds. The lowest BCUT2D eigenvalue weighted by Gasteiger charge is -2.11. The van der Waals surface area contributed by atoms with Crippen LogP contribution in [0.15, 0.2) is 30.3 Å². The van der Waals surface area contributed by atoms with Crippen LogP contribution in [0.5, 0.6) is 0 Å². The van der Waals surface area contributed by atoms with Crippen LogP contribution < -0.4 is 10.6 Å². The van der Waals surface area contributed by atoms with Crippen molar-refractivity contribution in [1.82, 2.24) is 10.6 Å². The molecule has 0 aliphatic carbocycles. The summed E-state index contributed by atoms with van der Waals surface area (Å²) in [5, 5.41) is 5.78. The zero-order valence-corrected chi connectivity index (χ0v) is 11.7. The quantitative estimate of drug-likeness (QED) is 0.811. The van der Waals surface area contributed by atoms with Gasteiger partial charge in [0.15, 0.2) is 0 Å². The maximum Gasteiger partial charge on any atom is 0.244 e. The fourth-order valence-electron chi connectivity index (χ4n) is 1.43. The van der Waals surface area contributed by atoms with E-state index in [0.717, 1.165) is 5.56 Å². The van der Waals surface area contributed by atoms with E-state index in [1.807, 2.05) is 19.1 Å². The Hall–Kier alpha value is -1.81. The third-order valence-electron chi connectivity index (χ3n) is 2.42. The van der Waals surface area contributed by atoms with E-state index in [0.29, 0.717) is 11.6 Å². The van der Waals surface area contributed by atoms with E-state index >= 15 is 0 Å². The number of carbonyl (C=O) groups is 2. The van der Waals surface area contributed by atoms with E-state index < -0.39 is 6.04 Å². The van der Waals surface area contributed by atoms with Crippen LogP contribution in [-0.4, -0.2) is 24.4 Å². The molecule has 0 radical (unpaired) electrons. The maximum absolute atomic E-state index is 11.6. The SMILES string of the molecule is CCNC(=O)C(C)NC(=O)/C=C/c1ccccc1Cl. The smallest absolute Gasteiger partial charge is 0.244 e. The Balaban J connectivity index is 2.56. The van der Waals surface area contributed by atoms with Gasteiger partial charge in [-0.15, -0.1) is 0 Å². The Labute approximate surface area is 117 Å². The lowest BCUT2D eigenvalue weighted by molar-refractivity contribution is -0.126. The molecule has 19 heavy (non-hydrogen) atoms. The van der Waals surface area contributed by atoms with Gasteiger partial charge in [-0.1, -0.05) is 29.8 Å². The van der Waals surface area contributed by atoms with Crippen LogP contribution in [0.1, 0.15) is 19.4 Å². The molecule has 0 bridgehead atoms. The van der Waals surface area contributed by atoms with Gasteiger partial charge in [-0.2, -0.15) is 0 Å². The molecule has 0 spiro atoms. The van der Waals surface area contributed by atoms with Gasteiger partial charge < -0.3 is 10.6 Å². The molecular weight excluding hydrogens is 264 g/mol. The van der Waals surface area contributed by atoms with Gasteiger partial charge in [0, 0.05) is 17.6 Å². The predicted octanol–water partition coefficient (Wildman–Crippen LogP) is 1.99. The number of likely N-dealkylation sites (N-methyl/N-ethyl adjacent to an activating group) is 1. The Morgan fingerprint density at radius 3 is 2.68 bits per heavy atom. The third kappa shape index (κ3) is 5.14. The van der Waals surface area contributed by atoms with Crippen molar-refractivity contribution in [2.75, 3.05) is 6.54 Å². The van der Waals surface area contributed by atoms with E-state index in [9.17, 15) is 9.59 Å². The summed E-state index contributed by atoms with van der Waals surface area (Å²) in [6, 6.07) is 6.64. The van der Waals surface area contributed by atoms with Crippen molar-refractivity contribution in [2.45, 2.75) is 19.9 Å². The van der Waals surface area contributed by atoms with Crippen molar-refractivity contribution >= 4 is 29.5 Å². The maximum atomic E-state index is 11.6. The highest BCUT2D eigenvalue weighted by molar-refractivity contribution is 6.32. The van der Waals surface area contributed by atoms with Gasteiger partial charge in [-0.3, -0.25) is 9.59 Å². The zero-order valence-electron chi connectivity index (χ0n) is 10.9. The van der Waals surface area contributed by atoms with Crippen LogP contribution in [0.2, 0.25) is 5.02 Å². The zero-order chi connectivity index (χ0) is 14.3. The van der Waals surface area contributed by atoms with Crippen molar-refractivity contribution in [3.8, 4) is 0 Å². The number of amides is 2. The molecule has 4 nitrogen and oxygen atoms in total. The van der Waals surface area contributed by atoms with E-state index in [-0.39, 0.29) is 11.8 Å². The van der Waals surface area contributed by atoms with Crippen LogP contribution >= 0.6 is 11.6 Å². The Bertz CT molecular complexity index is 486.